The number of anilines is 1. The third-order valence-electron chi connectivity index (χ3n) is 8.10. The van der Waals surface area contributed by atoms with Crippen LogP contribution in [0.2, 0.25) is 0 Å². The van der Waals surface area contributed by atoms with Crippen molar-refractivity contribution >= 4 is 11.6 Å². The number of hydrogen-bond donors (Lipinski definition) is 1. The van der Waals surface area contributed by atoms with E-state index in [1.54, 1.807) is 12.3 Å². The molecule has 0 atom stereocenters. The van der Waals surface area contributed by atoms with E-state index in [1.165, 1.54) is 16.8 Å². The molecule has 3 heterocycles. The highest BCUT2D eigenvalue weighted by Crippen LogP contribution is 2.53. The van der Waals surface area contributed by atoms with Crippen molar-refractivity contribution in [2.75, 3.05) is 25.0 Å². The Balaban J connectivity index is 1.44. The minimum Gasteiger partial charge on any atom is -0.488 e. The van der Waals surface area contributed by atoms with Crippen LogP contribution in [0.1, 0.15) is 51.0 Å². The normalized spacial score (nSPS) is 19.6. The van der Waals surface area contributed by atoms with E-state index in [4.69, 9.17) is 4.74 Å². The molecule has 6 rings (SSSR count). The molecule has 0 unspecified atom stereocenters. The summed E-state index contributed by atoms with van der Waals surface area (Å²) in [6, 6.07) is 9.22. The molecule has 1 aromatic heterocycles. The first-order valence-electron chi connectivity index (χ1n) is 12.9. The van der Waals surface area contributed by atoms with E-state index in [0.29, 0.717) is 11.4 Å². The number of piperidine rings is 1. The molecule has 6 nitrogen and oxygen atoms in total. The van der Waals surface area contributed by atoms with Crippen LogP contribution >= 0.6 is 0 Å². The molecule has 1 N–H and O–H groups in total. The van der Waals surface area contributed by atoms with Crippen LogP contribution in [0.3, 0.4) is 0 Å². The molecular formula is C28H30F2N4O2. The number of benzene rings is 2. The van der Waals surface area contributed by atoms with Gasteiger partial charge in [-0.05, 0) is 68.1 Å². The van der Waals surface area contributed by atoms with Crippen LogP contribution in [0, 0.1) is 11.6 Å². The lowest BCUT2D eigenvalue weighted by atomic mass is 9.79. The van der Waals surface area contributed by atoms with Gasteiger partial charge in [0, 0.05) is 24.7 Å². The molecule has 188 valence electrons. The molecule has 1 saturated carbocycles. The Morgan fingerprint density at radius 1 is 1.11 bits per heavy atom. The van der Waals surface area contributed by atoms with Crippen molar-refractivity contribution in [1.82, 2.24) is 14.7 Å². The van der Waals surface area contributed by atoms with E-state index in [2.05, 4.69) is 22.2 Å². The highest BCUT2D eigenvalue weighted by Gasteiger charge is 2.50. The maximum Gasteiger partial charge on any atom is 0.235 e. The lowest BCUT2D eigenvalue weighted by Gasteiger charge is -2.32. The topological polar surface area (TPSA) is 59.4 Å². The summed E-state index contributed by atoms with van der Waals surface area (Å²) in [6.45, 7) is 5.16. The Bertz CT molecular complexity index is 1310. The molecule has 36 heavy (non-hydrogen) atoms. The van der Waals surface area contributed by atoms with Crippen LogP contribution < -0.4 is 10.1 Å². The lowest BCUT2D eigenvalue weighted by Crippen LogP contribution is -2.38. The summed E-state index contributed by atoms with van der Waals surface area (Å²) in [7, 11) is 0. The summed E-state index contributed by atoms with van der Waals surface area (Å²) >= 11 is 0. The fourth-order valence-corrected chi connectivity index (χ4v) is 6.08. The largest absolute Gasteiger partial charge is 0.488 e. The summed E-state index contributed by atoms with van der Waals surface area (Å²) in [5.74, 6) is -0.637. The van der Waals surface area contributed by atoms with Gasteiger partial charge in [-0.15, -0.1) is 0 Å². The Morgan fingerprint density at radius 2 is 1.89 bits per heavy atom. The van der Waals surface area contributed by atoms with E-state index in [0.717, 1.165) is 81.0 Å². The van der Waals surface area contributed by atoms with Gasteiger partial charge in [0.15, 0.2) is 5.82 Å². The third-order valence-corrected chi connectivity index (χ3v) is 8.10. The van der Waals surface area contributed by atoms with Crippen molar-refractivity contribution in [3.05, 3.63) is 59.8 Å². The van der Waals surface area contributed by atoms with E-state index in [9.17, 15) is 13.6 Å². The third kappa shape index (κ3) is 3.79. The average Bonchev–Trinajstić information content (AvgIpc) is 3.61. The smallest absolute Gasteiger partial charge is 0.235 e. The molecule has 8 heteroatoms. The van der Waals surface area contributed by atoms with Crippen LogP contribution in [0.5, 0.6) is 5.75 Å². The van der Waals surface area contributed by atoms with Gasteiger partial charge in [-0.1, -0.05) is 19.8 Å². The number of likely N-dealkylation sites (tertiary alicyclic amines) is 1. The monoisotopic (exact) mass is 492 g/mol. The molecule has 1 aliphatic carbocycles. The number of ether oxygens (including phenoxy) is 1. The number of hydrogen-bond acceptors (Lipinski definition) is 4. The SMILES string of the molecule is CCN1CCC(Oc2cc(-c3ccnn3-c3ccc(F)cc3F)cc3c2NC(=O)C32CCCC2)CC1. The van der Waals surface area contributed by atoms with Crippen molar-refractivity contribution in [3.8, 4) is 22.7 Å². The second kappa shape index (κ2) is 9.00. The maximum absolute atomic E-state index is 14.7. The van der Waals surface area contributed by atoms with Gasteiger partial charge in [-0.3, -0.25) is 4.79 Å². The molecule has 0 bridgehead atoms. The molecule has 2 aromatic carbocycles. The second-order valence-corrected chi connectivity index (χ2v) is 10.1. The zero-order valence-corrected chi connectivity index (χ0v) is 20.4. The summed E-state index contributed by atoms with van der Waals surface area (Å²) < 4.78 is 36.3. The van der Waals surface area contributed by atoms with E-state index >= 15 is 0 Å². The highest BCUT2D eigenvalue weighted by molar-refractivity contribution is 6.08. The Kier molecular flexibility index (Phi) is 5.79. The summed E-state index contributed by atoms with van der Waals surface area (Å²) in [5, 5.41) is 7.48. The molecule has 1 amide bonds. The van der Waals surface area contributed by atoms with Crippen molar-refractivity contribution in [1.29, 1.82) is 0 Å². The lowest BCUT2D eigenvalue weighted by molar-refractivity contribution is -0.120. The fourth-order valence-electron chi connectivity index (χ4n) is 6.08. The second-order valence-electron chi connectivity index (χ2n) is 10.1. The van der Waals surface area contributed by atoms with Crippen LogP contribution in [-0.4, -0.2) is 46.3 Å². The Morgan fingerprint density at radius 3 is 2.61 bits per heavy atom. The average molecular weight is 493 g/mol. The number of halogens is 2. The first-order valence-corrected chi connectivity index (χ1v) is 12.9. The van der Waals surface area contributed by atoms with Crippen molar-refractivity contribution in [2.24, 2.45) is 0 Å². The van der Waals surface area contributed by atoms with Gasteiger partial charge in [0.2, 0.25) is 5.91 Å². The van der Waals surface area contributed by atoms with E-state index < -0.39 is 17.0 Å². The highest BCUT2D eigenvalue weighted by atomic mass is 19.1. The Labute approximate surface area is 209 Å². The van der Waals surface area contributed by atoms with E-state index in [1.807, 2.05) is 12.1 Å². The van der Waals surface area contributed by atoms with Crippen molar-refractivity contribution < 1.29 is 18.3 Å². The first kappa shape index (κ1) is 23.2. The first-order chi connectivity index (χ1) is 17.5. The number of fused-ring (bicyclic) bond motifs is 2. The van der Waals surface area contributed by atoms with Gasteiger partial charge in [-0.2, -0.15) is 5.10 Å². The molecule has 2 fully saturated rings. The van der Waals surface area contributed by atoms with Crippen molar-refractivity contribution in [2.45, 2.75) is 57.0 Å². The number of rotatable bonds is 5. The van der Waals surface area contributed by atoms with Crippen LogP contribution in [0.4, 0.5) is 14.5 Å². The van der Waals surface area contributed by atoms with Gasteiger partial charge in [0.1, 0.15) is 23.4 Å². The Hall–Kier alpha value is -3.26. The van der Waals surface area contributed by atoms with Gasteiger partial charge >= 0.3 is 0 Å². The van der Waals surface area contributed by atoms with Gasteiger partial charge in [-0.25, -0.2) is 13.5 Å². The summed E-state index contributed by atoms with van der Waals surface area (Å²) in [4.78, 5) is 15.7. The number of amides is 1. The molecule has 3 aromatic rings. The van der Waals surface area contributed by atoms with Crippen molar-refractivity contribution in [3.63, 3.8) is 0 Å². The zero-order valence-electron chi connectivity index (χ0n) is 20.4. The minimum absolute atomic E-state index is 0.0379. The standard InChI is InChI=1S/C28H30F2N4O2/c1-2-33-13-8-20(9-14-33)36-25-16-18(15-21-26(25)32-27(35)28(21)10-3-4-11-28)23-7-12-31-34(23)24-6-5-19(29)17-22(24)30/h5-7,12,15-17,20H,2-4,8-11,13-14H2,1H3,(H,32,35). The summed E-state index contributed by atoms with van der Waals surface area (Å²) in [5.41, 5.74) is 2.77. The van der Waals surface area contributed by atoms with Gasteiger partial charge in [0.25, 0.3) is 0 Å². The number of nitrogens with one attached hydrogen (secondary N) is 1. The molecule has 3 aliphatic rings. The van der Waals surface area contributed by atoms with Crippen LogP contribution in [0.25, 0.3) is 16.9 Å². The molecule has 1 spiro atoms. The quantitative estimate of drug-likeness (QED) is 0.515. The fraction of sp³-hybridized carbons (Fsp3) is 0.429. The summed E-state index contributed by atoms with van der Waals surface area (Å²) in [6.07, 6.45) is 7.10. The van der Waals surface area contributed by atoms with Crippen LogP contribution in [0.15, 0.2) is 42.6 Å². The van der Waals surface area contributed by atoms with Gasteiger partial charge < -0.3 is 15.0 Å². The molecular weight excluding hydrogens is 462 g/mol. The minimum atomic E-state index is -0.690. The maximum atomic E-state index is 14.7. The van der Waals surface area contributed by atoms with Gasteiger partial charge in [0.05, 0.1) is 23.0 Å². The van der Waals surface area contributed by atoms with Crippen LogP contribution in [-0.2, 0) is 10.2 Å². The number of carbonyl (C=O) groups excluding carboxylic acids is 1. The predicted molar refractivity (Wildman–Crippen MR) is 133 cm³/mol. The number of nitrogens with zero attached hydrogens (tertiary/aromatic N) is 3. The molecule has 1 saturated heterocycles. The molecule has 2 aliphatic heterocycles. The molecule has 0 radical (unpaired) electrons. The van der Waals surface area contributed by atoms with E-state index in [-0.39, 0.29) is 17.7 Å². The zero-order chi connectivity index (χ0) is 24.9. The predicted octanol–water partition coefficient (Wildman–Crippen LogP) is 5.44. The number of aromatic nitrogens is 2. The number of carbonyl (C=O) groups is 1.